The average molecular weight is 399 g/mol. The molecular formula is C18H21N7O2S. The van der Waals surface area contributed by atoms with Crippen LogP contribution >= 0.6 is 11.3 Å². The maximum absolute atomic E-state index is 12.6. The van der Waals surface area contributed by atoms with Gasteiger partial charge in [0.25, 0.3) is 5.91 Å². The van der Waals surface area contributed by atoms with E-state index in [0.717, 1.165) is 23.3 Å². The zero-order chi connectivity index (χ0) is 19.5. The highest BCUT2D eigenvalue weighted by molar-refractivity contribution is 7.16. The zero-order valence-corrected chi connectivity index (χ0v) is 16.6. The summed E-state index contributed by atoms with van der Waals surface area (Å²) in [5.74, 6) is 1.52. The maximum Gasteiger partial charge on any atom is 0.251 e. The van der Waals surface area contributed by atoms with Crippen LogP contribution < -0.4 is 15.1 Å². The zero-order valence-electron chi connectivity index (χ0n) is 15.8. The van der Waals surface area contributed by atoms with E-state index in [9.17, 15) is 4.79 Å². The van der Waals surface area contributed by atoms with Crippen molar-refractivity contribution in [1.82, 2.24) is 25.3 Å². The van der Waals surface area contributed by atoms with Crippen LogP contribution in [0.4, 0.5) is 11.9 Å². The number of amides is 1. The van der Waals surface area contributed by atoms with Crippen molar-refractivity contribution in [1.29, 1.82) is 0 Å². The Balaban J connectivity index is 1.51. The van der Waals surface area contributed by atoms with Gasteiger partial charge in [-0.05, 0) is 18.2 Å². The summed E-state index contributed by atoms with van der Waals surface area (Å²) in [5.41, 5.74) is 3.25. The largest absolute Gasteiger partial charge is 0.378 e. The van der Waals surface area contributed by atoms with Crippen LogP contribution in [0.2, 0.25) is 0 Å². The lowest BCUT2D eigenvalue weighted by atomic mass is 10.2. The molecule has 2 aromatic heterocycles. The number of nitrogens with one attached hydrogen (secondary N) is 1. The number of nitrogens with zero attached hydrogens (tertiary/aromatic N) is 6. The first kappa shape index (κ1) is 18.5. The van der Waals surface area contributed by atoms with Crippen molar-refractivity contribution in [2.45, 2.75) is 6.54 Å². The number of fused-ring (bicyclic) bond motifs is 1. The minimum Gasteiger partial charge on any atom is -0.378 e. The Kier molecular flexibility index (Phi) is 5.31. The Morgan fingerprint density at radius 1 is 1.25 bits per heavy atom. The lowest BCUT2D eigenvalue weighted by Gasteiger charge is -2.27. The van der Waals surface area contributed by atoms with Crippen LogP contribution in [0.25, 0.3) is 10.2 Å². The van der Waals surface area contributed by atoms with E-state index in [4.69, 9.17) is 4.74 Å². The summed E-state index contributed by atoms with van der Waals surface area (Å²) >= 11 is 1.51. The highest BCUT2D eigenvalue weighted by atomic mass is 32.1. The van der Waals surface area contributed by atoms with Gasteiger partial charge in [0, 0.05) is 32.7 Å². The number of carbonyl (C=O) groups excluding carboxylic acids is 1. The number of anilines is 2. The molecule has 3 aromatic rings. The second-order valence-corrected chi connectivity index (χ2v) is 7.45. The van der Waals surface area contributed by atoms with Crippen LogP contribution in [0.5, 0.6) is 0 Å². The predicted molar refractivity (Wildman–Crippen MR) is 108 cm³/mol. The molecule has 1 aliphatic heterocycles. The molecule has 0 spiro atoms. The van der Waals surface area contributed by atoms with Gasteiger partial charge in [-0.15, -0.1) is 11.3 Å². The van der Waals surface area contributed by atoms with Crippen molar-refractivity contribution in [2.24, 2.45) is 0 Å². The molecule has 0 unspecified atom stereocenters. The van der Waals surface area contributed by atoms with E-state index >= 15 is 0 Å². The topological polar surface area (TPSA) is 96.4 Å². The highest BCUT2D eigenvalue weighted by Crippen LogP contribution is 2.19. The van der Waals surface area contributed by atoms with Gasteiger partial charge in [0.2, 0.25) is 11.9 Å². The minimum absolute atomic E-state index is 0.171. The number of morpholine rings is 1. The molecule has 0 aliphatic carbocycles. The third-order valence-electron chi connectivity index (χ3n) is 4.35. The number of benzene rings is 1. The summed E-state index contributed by atoms with van der Waals surface area (Å²) in [6, 6.07) is 5.47. The molecule has 0 radical (unpaired) electrons. The molecule has 1 fully saturated rings. The van der Waals surface area contributed by atoms with Crippen LogP contribution in [0.15, 0.2) is 23.7 Å². The number of thiazole rings is 1. The van der Waals surface area contributed by atoms with Gasteiger partial charge in [-0.3, -0.25) is 4.79 Å². The molecule has 1 amide bonds. The van der Waals surface area contributed by atoms with Gasteiger partial charge in [-0.1, -0.05) is 0 Å². The fraction of sp³-hybridized carbons (Fsp3) is 0.389. The number of hydrogen-bond donors (Lipinski definition) is 1. The molecule has 0 bridgehead atoms. The van der Waals surface area contributed by atoms with Gasteiger partial charge in [0.15, 0.2) is 5.82 Å². The lowest BCUT2D eigenvalue weighted by molar-refractivity contribution is 0.0950. The van der Waals surface area contributed by atoms with Crippen LogP contribution in [0, 0.1) is 0 Å². The first-order chi connectivity index (χ1) is 13.6. The number of carbonyl (C=O) groups is 1. The number of aromatic nitrogens is 4. The third-order valence-corrected chi connectivity index (χ3v) is 5.14. The highest BCUT2D eigenvalue weighted by Gasteiger charge is 2.17. The van der Waals surface area contributed by atoms with Crippen molar-refractivity contribution in [2.75, 3.05) is 50.2 Å². The van der Waals surface area contributed by atoms with Gasteiger partial charge >= 0.3 is 0 Å². The maximum atomic E-state index is 12.6. The number of rotatable bonds is 5. The van der Waals surface area contributed by atoms with Gasteiger partial charge in [0.05, 0.1) is 35.5 Å². The molecular weight excluding hydrogens is 378 g/mol. The van der Waals surface area contributed by atoms with E-state index in [-0.39, 0.29) is 12.5 Å². The minimum atomic E-state index is -0.171. The summed E-state index contributed by atoms with van der Waals surface area (Å²) in [4.78, 5) is 34.2. The predicted octanol–water partition coefficient (Wildman–Crippen LogP) is 1.31. The standard InChI is InChI=1S/C18H21N7O2S/c1-24(2)17-21-15(22-18(23-17)25-5-7-27-8-6-25)10-19-16(26)12-3-4-13-14(9-12)28-11-20-13/h3-4,9,11H,5-8,10H2,1-2H3,(H,19,26). The van der Waals surface area contributed by atoms with Crippen LogP contribution in [-0.4, -0.2) is 66.2 Å². The first-order valence-electron chi connectivity index (χ1n) is 8.96. The second-order valence-electron chi connectivity index (χ2n) is 6.56. The van der Waals surface area contributed by atoms with E-state index in [0.29, 0.717) is 36.5 Å². The van der Waals surface area contributed by atoms with Crippen LogP contribution in [0.1, 0.15) is 16.2 Å². The number of hydrogen-bond acceptors (Lipinski definition) is 9. The van der Waals surface area contributed by atoms with E-state index < -0.39 is 0 Å². The quantitative estimate of drug-likeness (QED) is 0.686. The average Bonchev–Trinajstić information content (AvgIpc) is 3.20. The van der Waals surface area contributed by atoms with Crippen molar-refractivity contribution in [3.63, 3.8) is 0 Å². The fourth-order valence-corrected chi connectivity index (χ4v) is 3.55. The van der Waals surface area contributed by atoms with Crippen LogP contribution in [0.3, 0.4) is 0 Å². The van der Waals surface area contributed by atoms with Gasteiger partial charge in [-0.25, -0.2) is 4.98 Å². The molecule has 0 saturated carbocycles. The van der Waals surface area contributed by atoms with Crippen molar-refractivity contribution >= 4 is 39.4 Å². The molecule has 1 aliphatic rings. The third kappa shape index (κ3) is 4.02. The molecule has 1 aromatic carbocycles. The monoisotopic (exact) mass is 399 g/mol. The van der Waals surface area contributed by atoms with E-state index in [2.05, 4.69) is 30.2 Å². The molecule has 3 heterocycles. The molecule has 4 rings (SSSR count). The lowest BCUT2D eigenvalue weighted by Crippen LogP contribution is -2.38. The Labute approximate surface area is 166 Å². The summed E-state index contributed by atoms with van der Waals surface area (Å²) in [6.07, 6.45) is 0. The molecule has 10 heteroatoms. The van der Waals surface area contributed by atoms with Gasteiger partial charge in [0.1, 0.15) is 0 Å². The Hall–Kier alpha value is -2.85. The smallest absolute Gasteiger partial charge is 0.251 e. The SMILES string of the molecule is CN(C)c1nc(CNC(=O)c2ccc3ncsc3c2)nc(N2CCOCC2)n1. The van der Waals surface area contributed by atoms with Crippen molar-refractivity contribution in [3.8, 4) is 0 Å². The van der Waals surface area contributed by atoms with E-state index in [1.54, 1.807) is 11.6 Å². The summed E-state index contributed by atoms with van der Waals surface area (Å²) in [6.45, 7) is 2.99. The normalized spacial score (nSPS) is 14.3. The molecule has 146 valence electrons. The Morgan fingerprint density at radius 2 is 2.07 bits per heavy atom. The Morgan fingerprint density at radius 3 is 2.86 bits per heavy atom. The molecule has 9 nitrogen and oxygen atoms in total. The van der Waals surface area contributed by atoms with E-state index in [1.165, 1.54) is 11.3 Å². The van der Waals surface area contributed by atoms with Crippen molar-refractivity contribution < 1.29 is 9.53 Å². The van der Waals surface area contributed by atoms with Gasteiger partial charge in [-0.2, -0.15) is 15.0 Å². The van der Waals surface area contributed by atoms with E-state index in [1.807, 2.05) is 31.1 Å². The fourth-order valence-electron chi connectivity index (χ4n) is 2.84. The summed E-state index contributed by atoms with van der Waals surface area (Å²) < 4.78 is 6.38. The molecule has 0 atom stereocenters. The Bertz CT molecular complexity index is 985. The first-order valence-corrected chi connectivity index (χ1v) is 9.84. The van der Waals surface area contributed by atoms with Crippen LogP contribution in [-0.2, 0) is 11.3 Å². The van der Waals surface area contributed by atoms with Gasteiger partial charge < -0.3 is 19.9 Å². The summed E-state index contributed by atoms with van der Waals surface area (Å²) in [5, 5.41) is 2.90. The molecule has 1 saturated heterocycles. The van der Waals surface area contributed by atoms with Crippen molar-refractivity contribution in [3.05, 3.63) is 35.1 Å². The summed E-state index contributed by atoms with van der Waals surface area (Å²) in [7, 11) is 3.76. The molecule has 28 heavy (non-hydrogen) atoms. The molecule has 1 N–H and O–H groups in total. The number of ether oxygens (including phenoxy) is 1. The second kappa shape index (κ2) is 8.03.